The van der Waals surface area contributed by atoms with Gasteiger partial charge in [-0.05, 0) is 0 Å². The number of hydrogen-bond acceptors (Lipinski definition) is 8. The Balaban J connectivity index is -0.000000120. The number of carbonyl (C=O) groups is 4. The van der Waals surface area contributed by atoms with E-state index < -0.39 is 50.1 Å². The Morgan fingerprint density at radius 1 is 0.500 bits per heavy atom. The van der Waals surface area contributed by atoms with Crippen molar-refractivity contribution in [3.8, 4) is 0 Å². The fourth-order valence-electron chi connectivity index (χ4n) is 1.48. The number of rotatable bonds is 11. The van der Waals surface area contributed by atoms with Crippen LogP contribution in [-0.2, 0) is 19.2 Å². The molecule has 0 aliphatic heterocycles. The molecule has 0 aliphatic carbocycles. The summed E-state index contributed by atoms with van der Waals surface area (Å²) in [6, 6.07) is 0. The van der Waals surface area contributed by atoms with Gasteiger partial charge in [0.25, 0.3) is 0 Å². The van der Waals surface area contributed by atoms with E-state index in [1.54, 1.807) is 0 Å². The van der Waals surface area contributed by atoms with Crippen molar-refractivity contribution in [3.05, 3.63) is 0 Å². The number of carboxylic acid groups (broad SMARTS) is 4. The van der Waals surface area contributed by atoms with Gasteiger partial charge in [-0.1, -0.05) is 0 Å². The molecule has 0 saturated carbocycles. The molecule has 0 heterocycles. The summed E-state index contributed by atoms with van der Waals surface area (Å²) in [5.41, 5.74) is 0. The summed E-state index contributed by atoms with van der Waals surface area (Å²) in [4.78, 5) is 44.4. The van der Waals surface area contributed by atoms with Crippen LogP contribution in [0.4, 0.5) is 0 Å². The van der Waals surface area contributed by atoms with Gasteiger partial charge in [-0.3, -0.25) is 29.0 Å². The molecule has 0 amide bonds. The molecule has 0 radical (unpaired) electrons. The quantitative estimate of drug-likeness (QED) is 0.174. The van der Waals surface area contributed by atoms with Gasteiger partial charge in [0, 0.05) is 13.1 Å². The normalized spacial score (nSPS) is 8.23. The Morgan fingerprint density at radius 3 is 0.769 bits per heavy atom. The average molecular weight is 422 g/mol. The first-order chi connectivity index (χ1) is 9.20. The van der Waals surface area contributed by atoms with Crippen LogP contribution in [0.15, 0.2) is 0 Å². The van der Waals surface area contributed by atoms with Gasteiger partial charge in [0.1, 0.15) is 0 Å². The summed E-state index contributed by atoms with van der Waals surface area (Å²) in [5.74, 6) is -4.91. The van der Waals surface area contributed by atoms with Crippen LogP contribution in [0.25, 0.3) is 0 Å². The molecule has 0 saturated heterocycles. The van der Waals surface area contributed by atoms with E-state index in [1.165, 1.54) is 0 Å². The van der Waals surface area contributed by atoms with Crippen LogP contribution in [-0.4, -0.2) is 212 Å². The standard InChI is InChI=1S/C10H16N2O8.2H3N.4Na.4H/c13-7(14)3-11(4-8(15)16)1-2-12(5-9(17)18)6-10(19)20;;;;;;;;;;/h1-6H2,(H,13,14)(H,15,16)(H,17,18)(H,19,20);2*1H3;;;;;;;;. The molecule has 0 fully saturated rings. The molecule has 10 N–H and O–H groups in total. The van der Waals surface area contributed by atoms with Gasteiger partial charge in [0.15, 0.2) is 0 Å². The van der Waals surface area contributed by atoms with E-state index >= 15 is 0 Å². The van der Waals surface area contributed by atoms with Crippen LogP contribution >= 0.6 is 0 Å². The maximum atomic E-state index is 10.6. The number of nitrogens with zero attached hydrogens (tertiary/aromatic N) is 2. The first-order valence-electron chi connectivity index (χ1n) is 5.52. The maximum absolute atomic E-state index is 10.6. The van der Waals surface area contributed by atoms with Gasteiger partial charge in [0.05, 0.1) is 26.2 Å². The zero-order valence-corrected chi connectivity index (χ0v) is 12.0. The van der Waals surface area contributed by atoms with Gasteiger partial charge >= 0.3 is 142 Å². The molecule has 26 heavy (non-hydrogen) atoms. The van der Waals surface area contributed by atoms with Crippen molar-refractivity contribution in [2.24, 2.45) is 0 Å². The molecule has 0 aromatic carbocycles. The van der Waals surface area contributed by atoms with Crippen LogP contribution in [0.2, 0.25) is 0 Å². The molecule has 16 heteroatoms. The van der Waals surface area contributed by atoms with Gasteiger partial charge < -0.3 is 32.7 Å². The average Bonchev–Trinajstić information content (AvgIpc) is 2.22. The number of hydrogen-bond donors (Lipinski definition) is 6. The van der Waals surface area contributed by atoms with E-state index in [0.717, 1.165) is 9.80 Å². The van der Waals surface area contributed by atoms with E-state index in [-0.39, 0.29) is 144 Å². The predicted molar refractivity (Wildman–Crippen MR) is 102 cm³/mol. The van der Waals surface area contributed by atoms with Crippen molar-refractivity contribution in [2.75, 3.05) is 39.3 Å². The topological polar surface area (TPSA) is 226 Å². The summed E-state index contributed by atoms with van der Waals surface area (Å²) in [5, 5.41) is 34.5. The van der Waals surface area contributed by atoms with E-state index in [9.17, 15) is 19.2 Å². The molecule has 0 aliphatic rings. The van der Waals surface area contributed by atoms with Gasteiger partial charge in [-0.25, -0.2) is 0 Å². The minimum atomic E-state index is -1.23. The second-order valence-electron chi connectivity index (χ2n) is 4.00. The molecule has 0 bridgehead atoms. The van der Waals surface area contributed by atoms with E-state index in [1.807, 2.05) is 0 Å². The second kappa shape index (κ2) is 26.7. The fraction of sp³-hybridized carbons (Fsp3) is 0.600. The molecule has 0 rings (SSSR count). The zero-order chi connectivity index (χ0) is 15.7. The summed E-state index contributed by atoms with van der Waals surface area (Å²) in [7, 11) is 0. The molecular formula is C10H26N4Na4O8. The third kappa shape index (κ3) is 30.4. The molecule has 0 atom stereocenters. The Labute approximate surface area is 239 Å². The van der Waals surface area contributed by atoms with Gasteiger partial charge in [0.2, 0.25) is 0 Å². The van der Waals surface area contributed by atoms with Crippen LogP contribution in [0.3, 0.4) is 0 Å². The molecule has 0 unspecified atom stereocenters. The van der Waals surface area contributed by atoms with E-state index in [0.29, 0.717) is 0 Å². The monoisotopic (exact) mass is 422 g/mol. The fourth-order valence-corrected chi connectivity index (χ4v) is 1.48. The SMILES string of the molecule is N.N.O=C(O)CN(CCN(CC(=O)O)CC(=O)O)CC(=O)O.[NaH].[NaH].[NaH].[NaH]. The molecule has 0 aromatic rings. The summed E-state index contributed by atoms with van der Waals surface area (Å²) in [6.07, 6.45) is 0. The summed E-state index contributed by atoms with van der Waals surface area (Å²) in [6.45, 7) is -2.25. The second-order valence-corrected chi connectivity index (χ2v) is 4.00. The van der Waals surface area contributed by atoms with Crippen molar-refractivity contribution in [1.29, 1.82) is 0 Å². The third-order valence-corrected chi connectivity index (χ3v) is 2.17. The van der Waals surface area contributed by atoms with Crippen molar-refractivity contribution in [1.82, 2.24) is 22.1 Å². The Kier molecular flexibility index (Phi) is 47.4. The van der Waals surface area contributed by atoms with Crippen molar-refractivity contribution < 1.29 is 39.6 Å². The molecule has 138 valence electrons. The Bertz CT molecular complexity index is 337. The van der Waals surface area contributed by atoms with E-state index in [4.69, 9.17) is 20.4 Å². The summed E-state index contributed by atoms with van der Waals surface area (Å²) >= 11 is 0. The zero-order valence-electron chi connectivity index (χ0n) is 12.0. The Hall–Kier alpha value is 1.72. The van der Waals surface area contributed by atoms with Crippen molar-refractivity contribution in [2.45, 2.75) is 0 Å². The van der Waals surface area contributed by atoms with Crippen LogP contribution in [0, 0.1) is 0 Å². The third-order valence-electron chi connectivity index (χ3n) is 2.17. The van der Waals surface area contributed by atoms with E-state index in [2.05, 4.69) is 0 Å². The molecular weight excluding hydrogens is 396 g/mol. The summed E-state index contributed by atoms with van der Waals surface area (Å²) < 4.78 is 0. The number of aliphatic carboxylic acids is 4. The first kappa shape index (κ1) is 46.1. The molecule has 0 aromatic heterocycles. The molecule has 0 spiro atoms. The Morgan fingerprint density at radius 2 is 0.654 bits per heavy atom. The minimum absolute atomic E-state index is 0. The van der Waals surface area contributed by atoms with Gasteiger partial charge in [-0.2, -0.15) is 0 Å². The van der Waals surface area contributed by atoms with Crippen LogP contribution in [0.1, 0.15) is 0 Å². The first-order valence-corrected chi connectivity index (χ1v) is 5.52. The predicted octanol–water partition coefficient (Wildman–Crippen LogP) is -4.34. The van der Waals surface area contributed by atoms with Crippen LogP contribution in [0.5, 0.6) is 0 Å². The van der Waals surface area contributed by atoms with Crippen LogP contribution < -0.4 is 12.3 Å². The van der Waals surface area contributed by atoms with Gasteiger partial charge in [-0.15, -0.1) is 0 Å². The number of carboxylic acids is 4. The van der Waals surface area contributed by atoms with Crippen molar-refractivity contribution >= 4 is 142 Å². The molecule has 12 nitrogen and oxygen atoms in total. The van der Waals surface area contributed by atoms with Crippen molar-refractivity contribution in [3.63, 3.8) is 0 Å².